The van der Waals surface area contributed by atoms with Crippen molar-refractivity contribution in [3.05, 3.63) is 69.5 Å². The molecule has 4 atom stereocenters. The number of benzene rings is 2. The van der Waals surface area contributed by atoms with Gasteiger partial charge in [-0.2, -0.15) is 0 Å². The highest BCUT2D eigenvalue weighted by Gasteiger charge is 2.64. The minimum absolute atomic E-state index is 0.0493. The number of amides is 1. The lowest BCUT2D eigenvalue weighted by Crippen LogP contribution is -2.65. The van der Waals surface area contributed by atoms with Gasteiger partial charge in [-0.05, 0) is 69.5 Å². The number of carbonyl (C=O) groups is 3. The quantitative estimate of drug-likeness (QED) is 0.387. The second kappa shape index (κ2) is 8.54. The number of fused-ring (bicyclic) bond motifs is 3. The van der Waals surface area contributed by atoms with Gasteiger partial charge >= 0.3 is 0 Å². The molecule has 198 valence electrons. The number of nitrogens with two attached hydrogens (primary N) is 1. The summed E-state index contributed by atoms with van der Waals surface area (Å²) in [7, 11) is 3.15. The lowest BCUT2D eigenvalue weighted by Gasteiger charge is -2.50. The Hall–Kier alpha value is -3.95. The number of aromatic hydroxyl groups is 1. The summed E-state index contributed by atoms with van der Waals surface area (Å²) in [6.07, 6.45) is 0.291. The van der Waals surface area contributed by atoms with Crippen LogP contribution in [0.4, 0.5) is 0 Å². The van der Waals surface area contributed by atoms with Crippen molar-refractivity contribution in [2.24, 2.45) is 17.6 Å². The number of rotatable bonds is 3. The normalized spacial score (nSPS) is 26.8. The van der Waals surface area contributed by atoms with Crippen molar-refractivity contribution in [3.63, 3.8) is 0 Å². The first kappa shape index (κ1) is 25.7. The van der Waals surface area contributed by atoms with Gasteiger partial charge in [0.1, 0.15) is 22.8 Å². The van der Waals surface area contributed by atoms with Crippen LogP contribution >= 0.6 is 0 Å². The number of likely N-dealkylation sites (N-methyl/N-ethyl adjacent to an activating group) is 1. The molecule has 0 unspecified atom stereocenters. The first-order chi connectivity index (χ1) is 17.8. The Bertz CT molecular complexity index is 1480. The summed E-state index contributed by atoms with van der Waals surface area (Å²) in [4.78, 5) is 40.7. The molecule has 0 radical (unpaired) electrons. The molecule has 1 fully saturated rings. The lowest BCUT2D eigenvalue weighted by molar-refractivity contribution is -0.153. The number of Topliss-reactive ketones (excluding diaryl/α,β-unsaturated/α-hetero) is 2. The van der Waals surface area contributed by atoms with E-state index in [1.54, 1.807) is 20.2 Å². The number of carbonyl (C=O) groups excluding carboxylic acids is 3. The molecule has 1 saturated carbocycles. The van der Waals surface area contributed by atoms with Gasteiger partial charge in [-0.25, -0.2) is 0 Å². The Labute approximate surface area is 219 Å². The van der Waals surface area contributed by atoms with E-state index in [1.807, 2.05) is 32.0 Å². The van der Waals surface area contributed by atoms with E-state index >= 15 is 0 Å². The van der Waals surface area contributed by atoms with Crippen LogP contribution in [0.5, 0.6) is 5.75 Å². The number of phenols is 1. The number of ketones is 2. The van der Waals surface area contributed by atoms with Gasteiger partial charge in [-0.1, -0.05) is 35.4 Å². The monoisotopic (exact) mass is 518 g/mol. The zero-order chi connectivity index (χ0) is 27.8. The fraction of sp³-hybridized carbons (Fsp3) is 0.345. The highest BCUT2D eigenvalue weighted by atomic mass is 16.3. The third kappa shape index (κ3) is 3.42. The van der Waals surface area contributed by atoms with Crippen LogP contribution in [0.2, 0.25) is 0 Å². The third-order valence-corrected chi connectivity index (χ3v) is 8.14. The Kier molecular flexibility index (Phi) is 5.77. The van der Waals surface area contributed by atoms with Crippen LogP contribution in [0.15, 0.2) is 47.2 Å². The smallest absolute Gasteiger partial charge is 0.255 e. The van der Waals surface area contributed by atoms with Gasteiger partial charge in [0.2, 0.25) is 5.78 Å². The summed E-state index contributed by atoms with van der Waals surface area (Å²) in [6, 6.07) is 8.12. The highest BCUT2D eigenvalue weighted by Crippen LogP contribution is 2.53. The van der Waals surface area contributed by atoms with Crippen molar-refractivity contribution in [2.45, 2.75) is 38.3 Å². The van der Waals surface area contributed by atoms with Crippen LogP contribution in [0.1, 0.15) is 28.7 Å². The van der Waals surface area contributed by atoms with Gasteiger partial charge in [0, 0.05) is 11.5 Å². The van der Waals surface area contributed by atoms with Crippen molar-refractivity contribution in [2.75, 3.05) is 14.1 Å². The summed E-state index contributed by atoms with van der Waals surface area (Å²) in [5, 5.41) is 44.8. The number of nitrogens with zero attached hydrogens (tertiary/aromatic N) is 1. The second-order valence-corrected chi connectivity index (χ2v) is 10.8. The fourth-order valence-corrected chi connectivity index (χ4v) is 6.64. The molecule has 3 aliphatic carbocycles. The number of hydrogen-bond donors (Lipinski definition) is 5. The van der Waals surface area contributed by atoms with Crippen LogP contribution in [0.3, 0.4) is 0 Å². The first-order valence-corrected chi connectivity index (χ1v) is 12.4. The first-order valence-electron chi connectivity index (χ1n) is 12.4. The van der Waals surface area contributed by atoms with E-state index in [9.17, 15) is 34.8 Å². The molecular formula is C29H30N2O7. The number of primary amides is 1. The summed E-state index contributed by atoms with van der Waals surface area (Å²) in [5.74, 6) is -6.61. The van der Waals surface area contributed by atoms with Gasteiger partial charge in [-0.15, -0.1) is 0 Å². The van der Waals surface area contributed by atoms with E-state index < -0.39 is 58.0 Å². The zero-order valence-corrected chi connectivity index (χ0v) is 21.6. The Morgan fingerprint density at radius 1 is 1.05 bits per heavy atom. The van der Waals surface area contributed by atoms with Crippen molar-refractivity contribution in [1.82, 2.24) is 4.90 Å². The highest BCUT2D eigenvalue weighted by molar-refractivity contribution is 6.24. The molecule has 3 aliphatic rings. The Balaban J connectivity index is 1.75. The molecule has 0 bridgehead atoms. The van der Waals surface area contributed by atoms with E-state index in [-0.39, 0.29) is 29.7 Å². The number of aryl methyl sites for hydroxylation is 2. The van der Waals surface area contributed by atoms with E-state index in [4.69, 9.17) is 5.73 Å². The van der Waals surface area contributed by atoms with Gasteiger partial charge in [0.15, 0.2) is 11.4 Å². The topological polar surface area (TPSA) is 161 Å². The molecule has 2 aromatic rings. The molecule has 9 heteroatoms. The standard InChI is InChI=1S/C29H30N2O7/c1-12-7-13(2)9-14(8-12)16-5-6-19(32)21-17(16)10-15-11-18-23(31(3)4)25(34)22(28(30)37)27(36)29(18,38)26(35)20(15)24(21)33/h5-9,15,18,23,32-33,36,38H,10-11H2,1-4H3,(H2,30,37)/t15-,18-,23-,29-/m1/s1. The molecule has 1 amide bonds. The van der Waals surface area contributed by atoms with Gasteiger partial charge < -0.3 is 26.2 Å². The van der Waals surface area contributed by atoms with Crippen LogP contribution in [-0.4, -0.2) is 68.5 Å². The minimum atomic E-state index is -2.65. The van der Waals surface area contributed by atoms with Crippen LogP contribution in [0.25, 0.3) is 16.9 Å². The largest absolute Gasteiger partial charge is 0.508 e. The van der Waals surface area contributed by atoms with Gasteiger partial charge in [0.25, 0.3) is 5.91 Å². The molecule has 5 rings (SSSR count). The lowest BCUT2D eigenvalue weighted by atomic mass is 9.57. The summed E-state index contributed by atoms with van der Waals surface area (Å²) in [6.45, 7) is 3.95. The number of hydrogen-bond acceptors (Lipinski definition) is 8. The van der Waals surface area contributed by atoms with E-state index in [0.29, 0.717) is 5.56 Å². The van der Waals surface area contributed by atoms with E-state index in [0.717, 1.165) is 22.3 Å². The maximum Gasteiger partial charge on any atom is 0.255 e. The summed E-state index contributed by atoms with van der Waals surface area (Å²) < 4.78 is 0. The molecule has 0 spiro atoms. The maximum absolute atomic E-state index is 13.9. The predicted molar refractivity (Wildman–Crippen MR) is 139 cm³/mol. The second-order valence-electron chi connectivity index (χ2n) is 10.8. The Morgan fingerprint density at radius 3 is 2.26 bits per heavy atom. The van der Waals surface area contributed by atoms with Crippen LogP contribution in [-0.2, 0) is 20.8 Å². The number of aliphatic hydroxyl groups excluding tert-OH is 2. The molecule has 0 aliphatic heterocycles. The zero-order valence-electron chi connectivity index (χ0n) is 21.6. The SMILES string of the molecule is Cc1cc(C)cc(-c2ccc(O)c3c2C[C@@H]2C[C@@H]4[C@@H](N(C)C)C(=O)C(C(N)=O)=C(O)[C@]4(O)C(=O)C2=C3O)c1. The Morgan fingerprint density at radius 2 is 1.68 bits per heavy atom. The fourth-order valence-electron chi connectivity index (χ4n) is 6.64. The molecular weight excluding hydrogens is 488 g/mol. The predicted octanol–water partition coefficient (Wildman–Crippen LogP) is 2.25. The summed E-state index contributed by atoms with van der Waals surface area (Å²) >= 11 is 0. The minimum Gasteiger partial charge on any atom is -0.508 e. The molecule has 38 heavy (non-hydrogen) atoms. The van der Waals surface area contributed by atoms with Crippen molar-refractivity contribution < 1.29 is 34.8 Å². The van der Waals surface area contributed by atoms with E-state index in [1.165, 1.54) is 11.0 Å². The van der Waals surface area contributed by atoms with Crippen molar-refractivity contribution in [1.29, 1.82) is 0 Å². The molecule has 0 saturated heterocycles. The van der Waals surface area contributed by atoms with Crippen molar-refractivity contribution in [3.8, 4) is 16.9 Å². The average Bonchev–Trinajstić information content (AvgIpc) is 2.80. The maximum atomic E-state index is 13.9. The van der Waals surface area contributed by atoms with Gasteiger partial charge in [0.05, 0.1) is 11.6 Å². The summed E-state index contributed by atoms with van der Waals surface area (Å²) in [5.41, 5.74) is 6.19. The van der Waals surface area contributed by atoms with Crippen LogP contribution in [0, 0.1) is 25.7 Å². The molecule has 2 aromatic carbocycles. The van der Waals surface area contributed by atoms with Crippen LogP contribution < -0.4 is 5.73 Å². The number of phenolic OH excluding ortho intramolecular Hbond substituents is 1. The van der Waals surface area contributed by atoms with E-state index in [2.05, 4.69) is 0 Å². The van der Waals surface area contributed by atoms with Crippen molar-refractivity contribution >= 4 is 23.2 Å². The molecule has 0 aromatic heterocycles. The molecule has 6 N–H and O–H groups in total. The third-order valence-electron chi connectivity index (χ3n) is 8.14. The average molecular weight is 519 g/mol. The number of aliphatic hydroxyl groups is 3. The molecule has 0 heterocycles. The molecule has 9 nitrogen and oxygen atoms in total. The van der Waals surface area contributed by atoms with Gasteiger partial charge in [-0.3, -0.25) is 19.3 Å².